The zero-order valence-electron chi connectivity index (χ0n) is 13.3. The predicted molar refractivity (Wildman–Crippen MR) is 89.6 cm³/mol. The van der Waals surface area contributed by atoms with Crippen molar-refractivity contribution < 1.29 is 22.8 Å². The van der Waals surface area contributed by atoms with Crippen LogP contribution in [0, 0.1) is 0 Å². The number of allylic oxidation sites excluding steroid dienone is 2. The minimum absolute atomic E-state index is 0.00961. The van der Waals surface area contributed by atoms with Gasteiger partial charge >= 0.3 is 138 Å². The number of carbonyl (C=O) groups is 2. The quantitative estimate of drug-likeness (QED) is 0.367. The van der Waals surface area contributed by atoms with Gasteiger partial charge in [0.25, 0.3) is 0 Å². The van der Waals surface area contributed by atoms with Gasteiger partial charge in [0, 0.05) is 0 Å². The Balaban J connectivity index is 1.78. The number of carbonyl (C=O) groups excluding carboxylic acids is 2. The molecule has 0 spiro atoms. The average molecular weight is 365 g/mol. The van der Waals surface area contributed by atoms with Crippen LogP contribution in [0.3, 0.4) is 0 Å². The number of rotatable bonds is 7. The van der Waals surface area contributed by atoms with Crippen molar-refractivity contribution in [1.82, 2.24) is 10.6 Å². The van der Waals surface area contributed by atoms with Crippen LogP contribution in [0.25, 0.3) is 0 Å². The number of alkyl halides is 3. The Hall–Kier alpha value is -1.56. The molecule has 5 nitrogen and oxygen atoms in total. The maximum atomic E-state index is 12.5. The van der Waals surface area contributed by atoms with Crippen LogP contribution in [0.2, 0.25) is 0 Å². The van der Waals surface area contributed by atoms with Crippen LogP contribution < -0.4 is 16.4 Å². The van der Waals surface area contributed by atoms with Crippen LogP contribution in [0.4, 0.5) is 18.0 Å². The van der Waals surface area contributed by atoms with Gasteiger partial charge in [0.05, 0.1) is 0 Å². The van der Waals surface area contributed by atoms with Gasteiger partial charge in [-0.25, -0.2) is 0 Å². The van der Waals surface area contributed by atoms with E-state index < -0.39 is 13.4 Å². The van der Waals surface area contributed by atoms with E-state index in [0.29, 0.717) is 0 Å². The summed E-state index contributed by atoms with van der Waals surface area (Å²) in [7, 11) is -2.05. The summed E-state index contributed by atoms with van der Waals surface area (Å²) in [6, 6.07) is 0. The molecule has 2 bridgehead atoms. The van der Waals surface area contributed by atoms with Crippen molar-refractivity contribution >= 4 is 19.3 Å². The van der Waals surface area contributed by atoms with Crippen LogP contribution in [0.15, 0.2) is 23.9 Å². The van der Waals surface area contributed by atoms with Gasteiger partial charge in [0.2, 0.25) is 0 Å². The fourth-order valence-electron chi connectivity index (χ4n) is 3.75. The SMILES string of the molecule is N/C(=C/C(F)(F)F)C/C=C/CNC(=O)[PH]12CCC(NC=O)(CC1)C2. The molecular formula is C15H23F3N3O2P. The van der Waals surface area contributed by atoms with Crippen LogP contribution in [0.1, 0.15) is 19.3 Å². The molecule has 2 heterocycles. The summed E-state index contributed by atoms with van der Waals surface area (Å²) in [5.41, 5.74) is 4.90. The monoisotopic (exact) mass is 365 g/mol. The van der Waals surface area contributed by atoms with E-state index in [1.54, 1.807) is 6.08 Å². The first-order valence-corrected chi connectivity index (χ1v) is 10.5. The van der Waals surface area contributed by atoms with Crippen LogP contribution in [-0.2, 0) is 4.79 Å². The molecule has 9 heteroatoms. The molecule has 2 amide bonds. The summed E-state index contributed by atoms with van der Waals surface area (Å²) in [5.74, 6) is 0. The van der Waals surface area contributed by atoms with Crippen LogP contribution in [-0.4, -0.2) is 48.8 Å². The first-order chi connectivity index (χ1) is 11.2. The first kappa shape index (κ1) is 18.8. The van der Waals surface area contributed by atoms with E-state index in [0.717, 1.165) is 37.7 Å². The Labute approximate surface area is 139 Å². The van der Waals surface area contributed by atoms with E-state index in [2.05, 4.69) is 10.6 Å². The molecule has 4 N–H and O–H groups in total. The summed E-state index contributed by atoms with van der Waals surface area (Å²) in [6.07, 6.45) is 3.76. The second-order valence-corrected chi connectivity index (χ2v) is 11.0. The van der Waals surface area contributed by atoms with Gasteiger partial charge < -0.3 is 0 Å². The molecule has 2 aliphatic heterocycles. The zero-order chi connectivity index (χ0) is 17.8. The summed E-state index contributed by atoms with van der Waals surface area (Å²) in [6.45, 7) is 0.279. The number of nitrogens with one attached hydrogen (secondary N) is 2. The van der Waals surface area contributed by atoms with Crippen molar-refractivity contribution in [2.24, 2.45) is 5.73 Å². The molecule has 0 aromatic carbocycles. The topological polar surface area (TPSA) is 84.2 Å². The minimum atomic E-state index is -4.41. The number of halogens is 3. The molecule has 0 aromatic heterocycles. The Bertz CT molecular complexity index is 553. The summed E-state index contributed by atoms with van der Waals surface area (Å²) in [4.78, 5) is 23.2. The van der Waals surface area contributed by atoms with E-state index in [-0.39, 0.29) is 35.9 Å². The van der Waals surface area contributed by atoms with Gasteiger partial charge in [0.15, 0.2) is 0 Å². The van der Waals surface area contributed by atoms with Crippen LogP contribution in [0.5, 0.6) is 0 Å². The molecule has 2 rings (SSSR count). The molecule has 0 unspecified atom stereocenters. The summed E-state index contributed by atoms with van der Waals surface area (Å²) < 4.78 is 36.2. The Morgan fingerprint density at radius 3 is 2.50 bits per heavy atom. The second-order valence-electron chi connectivity index (χ2n) is 6.65. The third-order valence-electron chi connectivity index (χ3n) is 4.94. The maximum absolute atomic E-state index is 12.5. The Morgan fingerprint density at radius 1 is 1.25 bits per heavy atom. The summed E-state index contributed by atoms with van der Waals surface area (Å²) in [5, 5.41) is 5.75. The van der Waals surface area contributed by atoms with Crippen molar-refractivity contribution in [1.29, 1.82) is 0 Å². The van der Waals surface area contributed by atoms with Crippen molar-refractivity contribution in [3.63, 3.8) is 0 Å². The van der Waals surface area contributed by atoms with E-state index in [9.17, 15) is 22.8 Å². The third-order valence-corrected chi connectivity index (χ3v) is 9.85. The van der Waals surface area contributed by atoms with Gasteiger partial charge in [-0.2, -0.15) is 0 Å². The van der Waals surface area contributed by atoms with E-state index in [1.165, 1.54) is 6.08 Å². The second kappa shape index (κ2) is 7.13. The normalized spacial score (nSPS) is 27.2. The average Bonchev–Trinajstić information content (AvgIpc) is 3.02. The van der Waals surface area contributed by atoms with Crippen molar-refractivity contribution in [2.75, 3.05) is 25.0 Å². The summed E-state index contributed by atoms with van der Waals surface area (Å²) >= 11 is 0. The van der Waals surface area contributed by atoms with E-state index >= 15 is 0 Å². The van der Waals surface area contributed by atoms with Crippen molar-refractivity contribution in [3.8, 4) is 0 Å². The van der Waals surface area contributed by atoms with Gasteiger partial charge in [0.1, 0.15) is 0 Å². The molecule has 0 aromatic rings. The number of hydrogen-bond donors (Lipinski definition) is 3. The fourth-order valence-corrected chi connectivity index (χ4v) is 9.11. The molecule has 0 aliphatic carbocycles. The molecule has 2 fully saturated rings. The van der Waals surface area contributed by atoms with Gasteiger partial charge in [-0.3, -0.25) is 0 Å². The van der Waals surface area contributed by atoms with Crippen molar-refractivity contribution in [3.05, 3.63) is 23.9 Å². The zero-order valence-corrected chi connectivity index (χ0v) is 14.3. The van der Waals surface area contributed by atoms with E-state index in [4.69, 9.17) is 5.73 Å². The van der Waals surface area contributed by atoms with Crippen molar-refractivity contribution in [2.45, 2.75) is 31.0 Å². The molecule has 24 heavy (non-hydrogen) atoms. The predicted octanol–water partition coefficient (Wildman–Crippen LogP) is 2.09. The molecule has 136 valence electrons. The Morgan fingerprint density at radius 2 is 1.92 bits per heavy atom. The van der Waals surface area contributed by atoms with Crippen LogP contribution >= 0.6 is 7.26 Å². The number of hydrogen-bond acceptors (Lipinski definition) is 3. The number of amides is 2. The molecule has 0 saturated carbocycles. The number of nitrogens with two attached hydrogens (primary N) is 1. The molecule has 0 atom stereocenters. The molecule has 2 aliphatic rings. The van der Waals surface area contributed by atoms with Gasteiger partial charge in [-0.1, -0.05) is 0 Å². The Kier molecular flexibility index (Phi) is 5.58. The fraction of sp³-hybridized carbons (Fsp3) is 0.600. The number of fused-ring (bicyclic) bond motifs is 2. The molecule has 2 saturated heterocycles. The first-order valence-electron chi connectivity index (χ1n) is 7.89. The van der Waals surface area contributed by atoms with Gasteiger partial charge in [-0.05, 0) is 0 Å². The van der Waals surface area contributed by atoms with E-state index in [1.807, 2.05) is 0 Å². The molecular weight excluding hydrogens is 342 g/mol. The standard InChI is InChI=1S/C15H23F3N3O2P/c16-15(17,18)9-12(19)3-1-2-6-20-13(23)24-7-4-14(10-24,5-8-24)21-11-22/h1-2,9,11,24H,3-8,10,19H2,(H,20,23)(H,21,22)/b2-1+,12-9+. The third kappa shape index (κ3) is 4.50. The molecule has 0 radical (unpaired) electrons. The van der Waals surface area contributed by atoms with Gasteiger partial charge in [-0.15, -0.1) is 0 Å².